The van der Waals surface area contributed by atoms with Crippen LogP contribution < -0.4 is 10.1 Å². The van der Waals surface area contributed by atoms with Gasteiger partial charge in [-0.2, -0.15) is 0 Å². The molecule has 0 atom stereocenters. The molecule has 3 aromatic carbocycles. The Morgan fingerprint density at radius 1 is 0.774 bits per heavy atom. The summed E-state index contributed by atoms with van der Waals surface area (Å²) in [6, 6.07) is 22.9. The quantitative estimate of drug-likeness (QED) is 0.417. The van der Waals surface area contributed by atoms with Crippen LogP contribution in [-0.2, 0) is 16.0 Å². The molecule has 0 saturated carbocycles. The van der Waals surface area contributed by atoms with E-state index in [-0.39, 0.29) is 18.3 Å². The molecule has 0 spiro atoms. The van der Waals surface area contributed by atoms with Crippen molar-refractivity contribution in [1.29, 1.82) is 0 Å². The van der Waals surface area contributed by atoms with Gasteiger partial charge in [0.25, 0.3) is 0 Å². The zero-order valence-electron chi connectivity index (χ0n) is 17.2. The Morgan fingerprint density at radius 2 is 1.39 bits per heavy atom. The first-order valence-corrected chi connectivity index (χ1v) is 9.88. The average molecular weight is 417 g/mol. The van der Waals surface area contributed by atoms with Crippen LogP contribution in [0.2, 0.25) is 0 Å². The van der Waals surface area contributed by atoms with E-state index in [1.165, 1.54) is 6.92 Å². The van der Waals surface area contributed by atoms with Gasteiger partial charge in [0.15, 0.2) is 12.4 Å². The first-order valence-electron chi connectivity index (χ1n) is 9.88. The number of hydrogen-bond acceptors (Lipinski definition) is 5. The molecule has 3 rings (SSSR count). The van der Waals surface area contributed by atoms with Crippen LogP contribution in [-0.4, -0.2) is 30.8 Å². The largest absolute Gasteiger partial charge is 0.457 e. The molecule has 0 bridgehead atoms. The standard InChI is InChI=1S/C25H23NO5/c1-18(27)26-16-15-19-7-9-20(10-8-19)24(28)17-30-25(29)21-11-13-23(14-12-21)31-22-5-3-2-4-6-22/h2-14H,15-17H2,1H3,(H,26,27). The number of benzene rings is 3. The van der Waals surface area contributed by atoms with Gasteiger partial charge in [0.05, 0.1) is 5.56 Å². The van der Waals surface area contributed by atoms with Crippen LogP contribution in [0, 0.1) is 0 Å². The lowest BCUT2D eigenvalue weighted by atomic mass is 10.1. The van der Waals surface area contributed by atoms with Crippen molar-refractivity contribution < 1.29 is 23.9 Å². The van der Waals surface area contributed by atoms with Gasteiger partial charge in [0.1, 0.15) is 11.5 Å². The SMILES string of the molecule is CC(=O)NCCc1ccc(C(=O)COC(=O)c2ccc(Oc3ccccc3)cc2)cc1. The van der Waals surface area contributed by atoms with Gasteiger partial charge in [0, 0.05) is 19.0 Å². The number of carbonyl (C=O) groups excluding carboxylic acids is 3. The number of Topliss-reactive ketones (excluding diaryl/α,β-unsaturated/α-hetero) is 1. The summed E-state index contributed by atoms with van der Waals surface area (Å²) in [5.41, 5.74) is 1.80. The van der Waals surface area contributed by atoms with Crippen molar-refractivity contribution in [2.45, 2.75) is 13.3 Å². The van der Waals surface area contributed by atoms with Gasteiger partial charge in [-0.25, -0.2) is 4.79 Å². The van der Waals surface area contributed by atoms with E-state index in [1.807, 2.05) is 42.5 Å². The maximum absolute atomic E-state index is 12.3. The van der Waals surface area contributed by atoms with E-state index in [2.05, 4.69) is 5.32 Å². The van der Waals surface area contributed by atoms with Crippen molar-refractivity contribution in [2.75, 3.05) is 13.2 Å². The van der Waals surface area contributed by atoms with Gasteiger partial charge >= 0.3 is 5.97 Å². The Morgan fingerprint density at radius 3 is 2.03 bits per heavy atom. The summed E-state index contributed by atoms with van der Waals surface area (Å²) < 4.78 is 10.8. The zero-order valence-corrected chi connectivity index (χ0v) is 17.2. The normalized spacial score (nSPS) is 10.2. The Labute approximate surface area is 180 Å². The minimum atomic E-state index is -0.577. The molecule has 0 aromatic heterocycles. The molecular formula is C25H23NO5. The Hall–Kier alpha value is -3.93. The highest BCUT2D eigenvalue weighted by atomic mass is 16.5. The fourth-order valence-corrected chi connectivity index (χ4v) is 2.82. The van der Waals surface area contributed by atoms with Crippen molar-refractivity contribution >= 4 is 17.7 Å². The van der Waals surface area contributed by atoms with Crippen molar-refractivity contribution in [3.63, 3.8) is 0 Å². The number of esters is 1. The van der Waals surface area contributed by atoms with Crippen LogP contribution >= 0.6 is 0 Å². The van der Waals surface area contributed by atoms with Crippen LogP contribution in [0.1, 0.15) is 33.2 Å². The number of hydrogen-bond donors (Lipinski definition) is 1. The minimum Gasteiger partial charge on any atom is -0.457 e. The molecule has 0 saturated heterocycles. The van der Waals surface area contributed by atoms with Crippen LogP contribution in [0.4, 0.5) is 0 Å². The van der Waals surface area contributed by atoms with Crippen molar-refractivity contribution in [2.24, 2.45) is 0 Å². The molecule has 0 aliphatic rings. The Bertz CT molecular complexity index is 1030. The monoisotopic (exact) mass is 417 g/mol. The summed E-state index contributed by atoms with van der Waals surface area (Å²) in [7, 11) is 0. The summed E-state index contributed by atoms with van der Waals surface area (Å²) in [5, 5.41) is 2.72. The van der Waals surface area contributed by atoms with Crippen molar-refractivity contribution in [3.05, 3.63) is 95.6 Å². The Kier molecular flexibility index (Phi) is 7.54. The van der Waals surface area contributed by atoms with E-state index in [0.29, 0.717) is 35.6 Å². The molecule has 6 nitrogen and oxygen atoms in total. The maximum atomic E-state index is 12.3. The summed E-state index contributed by atoms with van der Waals surface area (Å²) in [6.45, 7) is 1.66. The van der Waals surface area contributed by atoms with Gasteiger partial charge < -0.3 is 14.8 Å². The molecule has 31 heavy (non-hydrogen) atoms. The fourth-order valence-electron chi connectivity index (χ4n) is 2.82. The van der Waals surface area contributed by atoms with E-state index >= 15 is 0 Å². The van der Waals surface area contributed by atoms with Crippen LogP contribution in [0.25, 0.3) is 0 Å². The number of rotatable bonds is 9. The van der Waals surface area contributed by atoms with Crippen molar-refractivity contribution in [1.82, 2.24) is 5.32 Å². The number of carbonyl (C=O) groups is 3. The number of ether oxygens (including phenoxy) is 2. The lowest BCUT2D eigenvalue weighted by Crippen LogP contribution is -2.22. The third kappa shape index (κ3) is 6.82. The molecule has 1 N–H and O–H groups in total. The molecule has 3 aromatic rings. The predicted molar refractivity (Wildman–Crippen MR) is 116 cm³/mol. The van der Waals surface area contributed by atoms with Gasteiger partial charge in [0.2, 0.25) is 5.91 Å². The molecular weight excluding hydrogens is 394 g/mol. The Balaban J connectivity index is 1.48. The molecule has 0 fully saturated rings. The lowest BCUT2D eigenvalue weighted by Gasteiger charge is -2.08. The molecule has 0 unspecified atom stereocenters. The minimum absolute atomic E-state index is 0.0769. The summed E-state index contributed by atoms with van der Waals surface area (Å²) >= 11 is 0. The second-order valence-corrected chi connectivity index (χ2v) is 6.87. The predicted octanol–water partition coefficient (Wildman–Crippen LogP) is 4.20. The maximum Gasteiger partial charge on any atom is 0.338 e. The van der Waals surface area contributed by atoms with Crippen LogP contribution in [0.3, 0.4) is 0 Å². The van der Waals surface area contributed by atoms with E-state index < -0.39 is 5.97 Å². The third-order valence-electron chi connectivity index (χ3n) is 4.47. The summed E-state index contributed by atoms with van der Waals surface area (Å²) in [4.78, 5) is 35.4. The second-order valence-electron chi connectivity index (χ2n) is 6.87. The molecule has 1 amide bonds. The lowest BCUT2D eigenvalue weighted by molar-refractivity contribution is -0.118. The number of ketones is 1. The van der Waals surface area contributed by atoms with Gasteiger partial charge in [-0.05, 0) is 48.4 Å². The second kappa shape index (κ2) is 10.7. The zero-order chi connectivity index (χ0) is 22.1. The topological polar surface area (TPSA) is 81.7 Å². The first-order chi connectivity index (χ1) is 15.0. The van der Waals surface area contributed by atoms with Gasteiger partial charge in [-0.1, -0.05) is 42.5 Å². The summed E-state index contributed by atoms with van der Waals surface area (Å²) in [6.07, 6.45) is 0.674. The van der Waals surface area contributed by atoms with Gasteiger partial charge in [-0.3, -0.25) is 9.59 Å². The molecule has 158 valence electrons. The average Bonchev–Trinajstić information content (AvgIpc) is 2.78. The van der Waals surface area contributed by atoms with Gasteiger partial charge in [-0.15, -0.1) is 0 Å². The molecule has 6 heteroatoms. The van der Waals surface area contributed by atoms with Crippen molar-refractivity contribution in [3.8, 4) is 11.5 Å². The van der Waals surface area contributed by atoms with E-state index in [4.69, 9.17) is 9.47 Å². The fraction of sp³-hybridized carbons (Fsp3) is 0.160. The highest BCUT2D eigenvalue weighted by Crippen LogP contribution is 2.21. The highest BCUT2D eigenvalue weighted by molar-refractivity contribution is 5.99. The van der Waals surface area contributed by atoms with Crippen LogP contribution in [0.5, 0.6) is 11.5 Å². The van der Waals surface area contributed by atoms with E-state index in [1.54, 1.807) is 36.4 Å². The van der Waals surface area contributed by atoms with Crippen LogP contribution in [0.15, 0.2) is 78.9 Å². The molecule has 0 aliphatic carbocycles. The molecule has 0 radical (unpaired) electrons. The third-order valence-corrected chi connectivity index (χ3v) is 4.47. The summed E-state index contributed by atoms with van der Waals surface area (Å²) in [5.74, 6) is 0.353. The number of amides is 1. The number of nitrogens with one attached hydrogen (secondary N) is 1. The molecule has 0 aliphatic heterocycles. The van der Waals surface area contributed by atoms with E-state index in [0.717, 1.165) is 5.56 Å². The highest BCUT2D eigenvalue weighted by Gasteiger charge is 2.12. The molecule has 0 heterocycles. The first kappa shape index (κ1) is 21.8. The van der Waals surface area contributed by atoms with E-state index in [9.17, 15) is 14.4 Å². The number of para-hydroxylation sites is 1. The smallest absolute Gasteiger partial charge is 0.338 e.